The maximum atomic E-state index is 12.9. The number of carbonyl (C=O) groups is 1. The minimum atomic E-state index is -4.38. The number of aromatic nitrogens is 1. The SMILES string of the molecule is CNS(=O)(=O)c1cc(C(=O)NC[C@@]2(O)CCC[C@@H](C(F)(F)F)C2)n(C)c1. The number of aryl methyl sites for hydroxylation is 1. The highest BCUT2D eigenvalue weighted by Crippen LogP contribution is 2.41. The monoisotopic (exact) mass is 397 g/mol. The Morgan fingerprint density at radius 2 is 2.12 bits per heavy atom. The highest BCUT2D eigenvalue weighted by molar-refractivity contribution is 7.89. The van der Waals surface area contributed by atoms with Crippen LogP contribution < -0.4 is 10.0 Å². The molecular weight excluding hydrogens is 375 g/mol. The number of amides is 1. The van der Waals surface area contributed by atoms with Gasteiger partial charge >= 0.3 is 6.18 Å². The maximum Gasteiger partial charge on any atom is 0.391 e. The van der Waals surface area contributed by atoms with Gasteiger partial charge in [-0.25, -0.2) is 13.1 Å². The molecule has 148 valence electrons. The zero-order valence-electron chi connectivity index (χ0n) is 14.4. The van der Waals surface area contributed by atoms with Gasteiger partial charge in [-0.3, -0.25) is 4.79 Å². The van der Waals surface area contributed by atoms with E-state index in [4.69, 9.17) is 0 Å². The van der Waals surface area contributed by atoms with Crippen LogP contribution in [0.25, 0.3) is 0 Å². The number of nitrogens with one attached hydrogen (secondary N) is 2. The molecule has 3 N–H and O–H groups in total. The molecule has 1 aromatic rings. The lowest BCUT2D eigenvalue weighted by Crippen LogP contribution is -2.48. The molecule has 0 aliphatic heterocycles. The van der Waals surface area contributed by atoms with Crippen LogP contribution in [0.5, 0.6) is 0 Å². The van der Waals surface area contributed by atoms with E-state index in [1.54, 1.807) is 0 Å². The van der Waals surface area contributed by atoms with Gasteiger partial charge in [0.1, 0.15) is 10.6 Å². The van der Waals surface area contributed by atoms with Gasteiger partial charge in [-0.05, 0) is 38.8 Å². The second kappa shape index (κ2) is 7.20. The molecule has 7 nitrogen and oxygen atoms in total. The van der Waals surface area contributed by atoms with Crippen LogP contribution in [0.4, 0.5) is 13.2 Å². The van der Waals surface area contributed by atoms with Crippen molar-refractivity contribution in [1.82, 2.24) is 14.6 Å². The minimum absolute atomic E-state index is 0.0191. The summed E-state index contributed by atoms with van der Waals surface area (Å²) in [6.45, 7) is -0.336. The van der Waals surface area contributed by atoms with Crippen molar-refractivity contribution >= 4 is 15.9 Å². The van der Waals surface area contributed by atoms with Crippen molar-refractivity contribution in [3.63, 3.8) is 0 Å². The third kappa shape index (κ3) is 4.57. The molecule has 0 spiro atoms. The van der Waals surface area contributed by atoms with Gasteiger partial charge in [-0.2, -0.15) is 13.2 Å². The molecule has 2 rings (SSSR count). The van der Waals surface area contributed by atoms with E-state index in [0.29, 0.717) is 0 Å². The van der Waals surface area contributed by atoms with Crippen LogP contribution in [0, 0.1) is 5.92 Å². The molecule has 1 aliphatic carbocycles. The Balaban J connectivity index is 2.07. The summed E-state index contributed by atoms with van der Waals surface area (Å²) in [6, 6.07) is 1.16. The van der Waals surface area contributed by atoms with Gasteiger partial charge in [0, 0.05) is 19.8 Å². The van der Waals surface area contributed by atoms with Crippen LogP contribution in [-0.4, -0.2) is 49.4 Å². The molecule has 0 aromatic carbocycles. The fraction of sp³-hybridized carbons (Fsp3) is 0.667. The molecule has 2 atom stereocenters. The topological polar surface area (TPSA) is 100 Å². The lowest BCUT2D eigenvalue weighted by Gasteiger charge is -2.37. The molecule has 1 aliphatic rings. The maximum absolute atomic E-state index is 12.9. The Morgan fingerprint density at radius 3 is 2.69 bits per heavy atom. The first-order valence-electron chi connectivity index (χ1n) is 8.05. The summed E-state index contributed by atoms with van der Waals surface area (Å²) in [5, 5.41) is 12.8. The van der Waals surface area contributed by atoms with Crippen LogP contribution in [0.1, 0.15) is 36.2 Å². The summed E-state index contributed by atoms with van der Waals surface area (Å²) in [5.74, 6) is -2.27. The summed E-state index contributed by atoms with van der Waals surface area (Å²) in [5.41, 5.74) is -1.62. The van der Waals surface area contributed by atoms with Crippen LogP contribution >= 0.6 is 0 Å². The number of hydrogen-bond acceptors (Lipinski definition) is 4. The third-order valence-corrected chi connectivity index (χ3v) is 6.03. The summed E-state index contributed by atoms with van der Waals surface area (Å²) in [7, 11) is -1.03. The smallest absolute Gasteiger partial charge is 0.388 e. The van der Waals surface area contributed by atoms with Crippen molar-refractivity contribution in [2.24, 2.45) is 13.0 Å². The predicted molar refractivity (Wildman–Crippen MR) is 87.0 cm³/mol. The number of nitrogens with zero attached hydrogens (tertiary/aromatic N) is 1. The van der Waals surface area contributed by atoms with Crippen molar-refractivity contribution in [1.29, 1.82) is 0 Å². The van der Waals surface area contributed by atoms with Gasteiger partial charge in [0.2, 0.25) is 10.0 Å². The summed E-state index contributed by atoms with van der Waals surface area (Å²) >= 11 is 0. The van der Waals surface area contributed by atoms with Crippen LogP contribution in [0.3, 0.4) is 0 Å². The number of halogens is 3. The Hall–Kier alpha value is -1.59. The number of sulfonamides is 1. The number of alkyl halides is 3. The van der Waals surface area contributed by atoms with Crippen molar-refractivity contribution < 1.29 is 31.5 Å². The molecule has 26 heavy (non-hydrogen) atoms. The second-order valence-electron chi connectivity index (χ2n) is 6.62. The molecule has 1 amide bonds. The normalized spacial score (nSPS) is 24.5. The lowest BCUT2D eigenvalue weighted by atomic mass is 9.77. The van der Waals surface area contributed by atoms with Crippen LogP contribution in [0.2, 0.25) is 0 Å². The van der Waals surface area contributed by atoms with Gasteiger partial charge in [0.25, 0.3) is 5.91 Å². The quantitative estimate of drug-likeness (QED) is 0.694. The van der Waals surface area contributed by atoms with E-state index in [1.165, 1.54) is 24.9 Å². The average Bonchev–Trinajstić information content (AvgIpc) is 2.95. The standard InChI is InChI=1S/C15H22F3N3O4S/c1-19-26(24,25)11-6-12(21(2)8-11)13(22)20-9-14(23)5-3-4-10(7-14)15(16,17)18/h6,8,10,19,23H,3-5,7,9H2,1-2H3,(H,20,22)/t10-,14-/m1/s1. The zero-order chi connectivity index (χ0) is 19.8. The Morgan fingerprint density at radius 1 is 1.46 bits per heavy atom. The van der Waals surface area contributed by atoms with E-state index in [9.17, 15) is 31.5 Å². The first kappa shape index (κ1) is 20.7. The summed E-state index contributed by atoms with van der Waals surface area (Å²) in [4.78, 5) is 12.2. The molecule has 1 fully saturated rings. The predicted octanol–water partition coefficient (Wildman–Crippen LogP) is 1.15. The largest absolute Gasteiger partial charge is 0.391 e. The molecule has 0 saturated heterocycles. The van der Waals surface area contributed by atoms with E-state index < -0.39 is 40.0 Å². The van der Waals surface area contributed by atoms with E-state index >= 15 is 0 Å². The average molecular weight is 397 g/mol. The Kier molecular flexibility index (Phi) is 5.74. The van der Waals surface area contributed by atoms with E-state index in [-0.39, 0.29) is 36.4 Å². The highest BCUT2D eigenvalue weighted by atomic mass is 32.2. The zero-order valence-corrected chi connectivity index (χ0v) is 15.2. The molecule has 0 radical (unpaired) electrons. The van der Waals surface area contributed by atoms with Crippen LogP contribution in [0.15, 0.2) is 17.2 Å². The number of carbonyl (C=O) groups excluding carboxylic acids is 1. The lowest BCUT2D eigenvalue weighted by molar-refractivity contribution is -0.199. The summed E-state index contributed by atoms with van der Waals surface area (Å²) in [6.07, 6.45) is -3.27. The van der Waals surface area contributed by atoms with Gasteiger partial charge in [-0.15, -0.1) is 0 Å². The molecule has 1 saturated carbocycles. The fourth-order valence-electron chi connectivity index (χ4n) is 3.14. The number of hydrogen-bond donors (Lipinski definition) is 3. The molecule has 1 heterocycles. The summed E-state index contributed by atoms with van der Waals surface area (Å²) < 4.78 is 65.6. The number of aliphatic hydroxyl groups is 1. The van der Waals surface area contributed by atoms with Gasteiger partial charge < -0.3 is 15.0 Å². The van der Waals surface area contributed by atoms with Crippen molar-refractivity contribution in [3.8, 4) is 0 Å². The Bertz CT molecular complexity index is 776. The van der Waals surface area contributed by atoms with E-state index in [1.807, 2.05) is 0 Å². The second-order valence-corrected chi connectivity index (χ2v) is 8.51. The van der Waals surface area contributed by atoms with Gasteiger partial charge in [0.05, 0.1) is 11.5 Å². The van der Waals surface area contributed by atoms with E-state index in [2.05, 4.69) is 10.0 Å². The van der Waals surface area contributed by atoms with Crippen LogP contribution in [-0.2, 0) is 17.1 Å². The molecule has 0 bridgehead atoms. The molecule has 11 heteroatoms. The first-order chi connectivity index (χ1) is 11.9. The minimum Gasteiger partial charge on any atom is -0.388 e. The van der Waals surface area contributed by atoms with Crippen molar-refractivity contribution in [3.05, 3.63) is 18.0 Å². The Labute approximate surface area is 149 Å². The first-order valence-corrected chi connectivity index (χ1v) is 9.53. The molecule has 0 unspecified atom stereocenters. The van der Waals surface area contributed by atoms with Crippen molar-refractivity contribution in [2.75, 3.05) is 13.6 Å². The number of rotatable bonds is 5. The van der Waals surface area contributed by atoms with Crippen molar-refractivity contribution in [2.45, 2.75) is 42.4 Å². The highest BCUT2D eigenvalue weighted by Gasteiger charge is 2.47. The van der Waals surface area contributed by atoms with E-state index in [0.717, 1.165) is 6.07 Å². The third-order valence-electron chi connectivity index (χ3n) is 4.65. The molecular formula is C15H22F3N3O4S. The van der Waals surface area contributed by atoms with Gasteiger partial charge in [0.15, 0.2) is 0 Å². The van der Waals surface area contributed by atoms with Gasteiger partial charge in [-0.1, -0.05) is 0 Å². The molecule has 1 aromatic heterocycles. The fourth-order valence-corrected chi connectivity index (χ4v) is 3.94.